The van der Waals surface area contributed by atoms with Crippen molar-refractivity contribution in [3.63, 3.8) is 0 Å². The van der Waals surface area contributed by atoms with Crippen LogP contribution in [0.4, 0.5) is 0 Å². The fourth-order valence-electron chi connectivity index (χ4n) is 1.60. The van der Waals surface area contributed by atoms with Gasteiger partial charge in [-0.1, -0.05) is 34.6 Å². The second kappa shape index (κ2) is 9.23. The Bertz CT molecular complexity index is 180. The molecule has 17 heavy (non-hydrogen) atoms. The van der Waals surface area contributed by atoms with Gasteiger partial charge in [-0.2, -0.15) is 11.8 Å². The molecule has 0 aliphatic carbocycles. The highest BCUT2D eigenvalue weighted by atomic mass is 32.2. The van der Waals surface area contributed by atoms with Crippen LogP contribution < -0.4 is 5.32 Å². The normalized spacial score (nSPS) is 15.9. The molecule has 0 spiro atoms. The fraction of sp³-hybridized carbons (Fsp3) is 1.00. The van der Waals surface area contributed by atoms with Crippen LogP contribution in [0.5, 0.6) is 0 Å². The summed E-state index contributed by atoms with van der Waals surface area (Å²) in [5.74, 6) is 1.87. The minimum absolute atomic E-state index is 0.354. The molecule has 0 aliphatic heterocycles. The molecule has 2 atom stereocenters. The van der Waals surface area contributed by atoms with E-state index in [1.165, 1.54) is 12.2 Å². The lowest BCUT2D eigenvalue weighted by Crippen LogP contribution is -2.39. The van der Waals surface area contributed by atoms with Crippen LogP contribution in [0, 0.1) is 5.92 Å². The first-order valence-electron chi connectivity index (χ1n) is 6.77. The van der Waals surface area contributed by atoms with Crippen molar-refractivity contribution in [2.24, 2.45) is 5.92 Å². The maximum Gasteiger partial charge on any atom is 0.0465 e. The maximum absolute atomic E-state index is 5.18. The summed E-state index contributed by atoms with van der Waals surface area (Å²) in [6, 6.07) is 0.606. The van der Waals surface area contributed by atoms with Crippen LogP contribution in [0.25, 0.3) is 0 Å². The third-order valence-corrected chi connectivity index (χ3v) is 4.21. The summed E-state index contributed by atoms with van der Waals surface area (Å²) in [4.78, 5) is 0. The van der Waals surface area contributed by atoms with Crippen molar-refractivity contribution in [3.8, 4) is 0 Å². The quantitative estimate of drug-likeness (QED) is 0.686. The van der Waals surface area contributed by atoms with Gasteiger partial charge in [0.1, 0.15) is 0 Å². The van der Waals surface area contributed by atoms with Gasteiger partial charge < -0.3 is 10.1 Å². The summed E-state index contributed by atoms with van der Waals surface area (Å²) < 4.78 is 5.53. The Morgan fingerprint density at radius 2 is 1.94 bits per heavy atom. The number of hydrogen-bond acceptors (Lipinski definition) is 3. The molecular weight excluding hydrogens is 230 g/mol. The lowest BCUT2D eigenvalue weighted by molar-refractivity contribution is 0.172. The Morgan fingerprint density at radius 3 is 2.41 bits per heavy atom. The molecule has 0 amide bonds. The predicted octanol–water partition coefficient (Wildman–Crippen LogP) is 3.56. The van der Waals surface area contributed by atoms with Gasteiger partial charge in [0.15, 0.2) is 0 Å². The molecular formula is C14H31NOS. The van der Waals surface area contributed by atoms with E-state index in [2.05, 4.69) is 51.7 Å². The van der Waals surface area contributed by atoms with Crippen LogP contribution in [0.1, 0.15) is 47.5 Å². The maximum atomic E-state index is 5.18. The Morgan fingerprint density at radius 1 is 1.29 bits per heavy atom. The minimum Gasteiger partial charge on any atom is -0.385 e. The van der Waals surface area contributed by atoms with Gasteiger partial charge >= 0.3 is 0 Å². The second-order valence-electron chi connectivity index (χ2n) is 5.74. The standard InChI is InChI=1S/C14H31NOS/c1-7-9-15-13(11-17-14(3,4)5)12(2)8-10-16-6/h12-13,15H,7-11H2,1-6H3. The van der Waals surface area contributed by atoms with E-state index in [4.69, 9.17) is 4.74 Å². The number of ether oxygens (including phenoxy) is 1. The van der Waals surface area contributed by atoms with Crippen LogP contribution in [0.2, 0.25) is 0 Å². The molecule has 0 rings (SSSR count). The van der Waals surface area contributed by atoms with Gasteiger partial charge in [0.25, 0.3) is 0 Å². The topological polar surface area (TPSA) is 21.3 Å². The molecule has 0 saturated heterocycles. The molecule has 1 N–H and O–H groups in total. The molecule has 0 fully saturated rings. The SMILES string of the molecule is CCCNC(CSC(C)(C)C)C(C)CCOC. The summed E-state index contributed by atoms with van der Waals surface area (Å²) in [7, 11) is 1.78. The third kappa shape index (κ3) is 9.93. The Hall–Kier alpha value is 0.270. The van der Waals surface area contributed by atoms with E-state index >= 15 is 0 Å². The zero-order valence-electron chi connectivity index (χ0n) is 12.5. The zero-order chi connectivity index (χ0) is 13.3. The lowest BCUT2D eigenvalue weighted by atomic mass is 10.00. The number of methoxy groups -OCH3 is 1. The van der Waals surface area contributed by atoms with Gasteiger partial charge in [-0.15, -0.1) is 0 Å². The molecule has 0 heterocycles. The van der Waals surface area contributed by atoms with Crippen molar-refractivity contribution in [1.29, 1.82) is 0 Å². The van der Waals surface area contributed by atoms with Gasteiger partial charge in [-0.3, -0.25) is 0 Å². The van der Waals surface area contributed by atoms with E-state index in [0.29, 0.717) is 16.7 Å². The predicted molar refractivity (Wildman–Crippen MR) is 79.9 cm³/mol. The average Bonchev–Trinajstić information content (AvgIpc) is 2.24. The van der Waals surface area contributed by atoms with Crippen molar-refractivity contribution >= 4 is 11.8 Å². The monoisotopic (exact) mass is 261 g/mol. The smallest absolute Gasteiger partial charge is 0.0465 e. The van der Waals surface area contributed by atoms with Crippen LogP contribution in [0.15, 0.2) is 0 Å². The van der Waals surface area contributed by atoms with E-state index in [0.717, 1.165) is 19.6 Å². The molecule has 104 valence electrons. The van der Waals surface area contributed by atoms with E-state index < -0.39 is 0 Å². The molecule has 0 bridgehead atoms. The average molecular weight is 261 g/mol. The number of rotatable bonds is 9. The lowest BCUT2D eigenvalue weighted by Gasteiger charge is -2.28. The first-order chi connectivity index (χ1) is 7.90. The number of hydrogen-bond donors (Lipinski definition) is 1. The van der Waals surface area contributed by atoms with Crippen molar-refractivity contribution in [3.05, 3.63) is 0 Å². The first-order valence-corrected chi connectivity index (χ1v) is 7.75. The first kappa shape index (κ1) is 17.3. The Balaban J connectivity index is 4.11. The Kier molecular flexibility index (Phi) is 9.38. The highest BCUT2D eigenvalue weighted by molar-refractivity contribution is 8.00. The summed E-state index contributed by atoms with van der Waals surface area (Å²) in [5, 5.41) is 3.67. The molecule has 2 nitrogen and oxygen atoms in total. The molecule has 0 radical (unpaired) electrons. The molecule has 3 heteroatoms. The number of thioether (sulfide) groups is 1. The van der Waals surface area contributed by atoms with Gasteiger partial charge in [0.05, 0.1) is 0 Å². The van der Waals surface area contributed by atoms with E-state index in [-0.39, 0.29) is 0 Å². The second-order valence-corrected chi connectivity index (χ2v) is 7.59. The van der Waals surface area contributed by atoms with Crippen molar-refractivity contribution in [1.82, 2.24) is 5.32 Å². The molecule has 0 saturated carbocycles. The van der Waals surface area contributed by atoms with Crippen molar-refractivity contribution < 1.29 is 4.74 Å². The van der Waals surface area contributed by atoms with E-state index in [9.17, 15) is 0 Å². The van der Waals surface area contributed by atoms with Crippen molar-refractivity contribution in [2.45, 2.75) is 58.2 Å². The van der Waals surface area contributed by atoms with Crippen molar-refractivity contribution in [2.75, 3.05) is 26.0 Å². The van der Waals surface area contributed by atoms with E-state index in [1.54, 1.807) is 7.11 Å². The van der Waals surface area contributed by atoms with Crippen LogP contribution in [-0.4, -0.2) is 36.8 Å². The van der Waals surface area contributed by atoms with E-state index in [1.807, 2.05) is 0 Å². The third-order valence-electron chi connectivity index (χ3n) is 2.82. The summed E-state index contributed by atoms with van der Waals surface area (Å²) in [6.07, 6.45) is 2.34. The van der Waals surface area contributed by atoms with Gasteiger partial charge in [-0.25, -0.2) is 0 Å². The number of nitrogens with one attached hydrogen (secondary N) is 1. The van der Waals surface area contributed by atoms with Gasteiger partial charge in [-0.05, 0) is 25.3 Å². The highest BCUT2D eigenvalue weighted by Gasteiger charge is 2.20. The molecule has 0 aliphatic rings. The van der Waals surface area contributed by atoms with Crippen LogP contribution >= 0.6 is 11.8 Å². The highest BCUT2D eigenvalue weighted by Crippen LogP contribution is 2.26. The molecule has 0 aromatic heterocycles. The fourth-order valence-corrected chi connectivity index (χ4v) is 2.72. The van der Waals surface area contributed by atoms with Crippen LogP contribution in [-0.2, 0) is 4.74 Å². The van der Waals surface area contributed by atoms with Gasteiger partial charge in [0.2, 0.25) is 0 Å². The zero-order valence-corrected chi connectivity index (χ0v) is 13.3. The molecule has 0 aromatic carbocycles. The summed E-state index contributed by atoms with van der Waals surface area (Å²) in [6.45, 7) is 13.4. The molecule has 0 aromatic rings. The van der Waals surface area contributed by atoms with Crippen LogP contribution in [0.3, 0.4) is 0 Å². The molecule has 2 unspecified atom stereocenters. The summed E-state index contributed by atoms with van der Waals surface area (Å²) >= 11 is 2.05. The Labute approximate surface area is 112 Å². The summed E-state index contributed by atoms with van der Waals surface area (Å²) in [5.41, 5.74) is 0. The van der Waals surface area contributed by atoms with Gasteiger partial charge in [0, 0.05) is 30.3 Å². The largest absolute Gasteiger partial charge is 0.385 e. The minimum atomic E-state index is 0.354.